The van der Waals surface area contributed by atoms with Crippen molar-refractivity contribution in [2.24, 2.45) is 10.8 Å². The molecule has 3 heteroatoms. The minimum absolute atomic E-state index is 0.0455. The molecule has 1 aliphatic heterocycles. The van der Waals surface area contributed by atoms with Gasteiger partial charge in [-0.3, -0.25) is 0 Å². The molecule has 1 rings (SSSR count). The zero-order valence-electron chi connectivity index (χ0n) is 11.3. The molecule has 0 spiro atoms. The van der Waals surface area contributed by atoms with E-state index in [2.05, 4.69) is 41.5 Å². The molecule has 0 aromatic heterocycles. The largest absolute Gasteiger partial charge is 0.228 e. The first-order valence-electron chi connectivity index (χ1n) is 5.87. The standard InChI is InChI=1S/C13H24O2S/c1-12(2,3)10-7-8-16(14,15)9-11(10)13(4,5)6/h7-9H2,1-6H3. The van der Waals surface area contributed by atoms with Gasteiger partial charge < -0.3 is 0 Å². The number of sulfone groups is 1. The second-order valence-corrected chi connectivity index (χ2v) is 8.98. The van der Waals surface area contributed by atoms with Gasteiger partial charge in [0.15, 0.2) is 9.84 Å². The van der Waals surface area contributed by atoms with E-state index in [4.69, 9.17) is 0 Å². The van der Waals surface area contributed by atoms with Gasteiger partial charge in [-0.15, -0.1) is 0 Å². The monoisotopic (exact) mass is 244 g/mol. The van der Waals surface area contributed by atoms with Crippen LogP contribution in [0, 0.1) is 10.8 Å². The Bertz CT molecular complexity index is 400. The highest BCUT2D eigenvalue weighted by atomic mass is 32.2. The van der Waals surface area contributed by atoms with Crippen LogP contribution >= 0.6 is 0 Å². The predicted octanol–water partition coefficient (Wildman–Crippen LogP) is 3.19. The van der Waals surface area contributed by atoms with Crippen LogP contribution in [0.15, 0.2) is 11.1 Å². The fraction of sp³-hybridized carbons (Fsp3) is 0.846. The molecule has 0 radical (unpaired) electrons. The normalized spacial score (nSPS) is 22.4. The van der Waals surface area contributed by atoms with Gasteiger partial charge in [-0.1, -0.05) is 52.7 Å². The first-order valence-corrected chi connectivity index (χ1v) is 7.69. The van der Waals surface area contributed by atoms with Crippen LogP contribution in [0.5, 0.6) is 0 Å². The average molecular weight is 244 g/mol. The van der Waals surface area contributed by atoms with Gasteiger partial charge in [0.2, 0.25) is 0 Å². The number of hydrogen-bond donors (Lipinski definition) is 0. The first kappa shape index (κ1) is 13.8. The molecule has 0 saturated carbocycles. The molecule has 0 aromatic rings. The molecule has 2 nitrogen and oxygen atoms in total. The van der Waals surface area contributed by atoms with E-state index in [1.165, 1.54) is 5.57 Å². The highest BCUT2D eigenvalue weighted by molar-refractivity contribution is 7.91. The highest BCUT2D eigenvalue weighted by Crippen LogP contribution is 2.41. The van der Waals surface area contributed by atoms with Crippen LogP contribution < -0.4 is 0 Å². The summed E-state index contributed by atoms with van der Waals surface area (Å²) in [7, 11) is -2.87. The van der Waals surface area contributed by atoms with Crippen LogP contribution in [-0.2, 0) is 9.84 Å². The Morgan fingerprint density at radius 3 is 1.69 bits per heavy atom. The molecular formula is C13H24O2S. The molecule has 0 bridgehead atoms. The molecule has 0 aliphatic carbocycles. The third-order valence-electron chi connectivity index (χ3n) is 3.20. The molecule has 94 valence electrons. The third-order valence-corrected chi connectivity index (χ3v) is 4.76. The molecule has 0 unspecified atom stereocenters. The molecular weight excluding hydrogens is 220 g/mol. The molecule has 0 aromatic carbocycles. The quantitative estimate of drug-likeness (QED) is 0.613. The highest BCUT2D eigenvalue weighted by Gasteiger charge is 2.34. The summed E-state index contributed by atoms with van der Waals surface area (Å²) < 4.78 is 23.5. The molecule has 1 aliphatic rings. The lowest BCUT2D eigenvalue weighted by Gasteiger charge is -2.36. The van der Waals surface area contributed by atoms with E-state index in [1.54, 1.807) is 0 Å². The van der Waals surface area contributed by atoms with E-state index in [-0.39, 0.29) is 16.6 Å². The zero-order valence-corrected chi connectivity index (χ0v) is 12.2. The van der Waals surface area contributed by atoms with Crippen molar-refractivity contribution in [1.29, 1.82) is 0 Å². The molecule has 0 amide bonds. The third kappa shape index (κ3) is 3.09. The summed E-state index contributed by atoms with van der Waals surface area (Å²) in [5.74, 6) is 0.572. The van der Waals surface area contributed by atoms with Gasteiger partial charge in [0, 0.05) is 0 Å². The minimum Gasteiger partial charge on any atom is -0.228 e. The lowest BCUT2D eigenvalue weighted by Crippen LogP contribution is -2.31. The number of hydrogen-bond acceptors (Lipinski definition) is 2. The van der Waals surface area contributed by atoms with Crippen molar-refractivity contribution in [2.45, 2.75) is 48.0 Å². The summed E-state index contributed by atoms with van der Waals surface area (Å²) in [5, 5.41) is 0. The number of allylic oxidation sites excluding steroid dienone is 1. The van der Waals surface area contributed by atoms with Gasteiger partial charge in [-0.2, -0.15) is 0 Å². The maximum Gasteiger partial charge on any atom is 0.154 e. The van der Waals surface area contributed by atoms with Crippen molar-refractivity contribution in [1.82, 2.24) is 0 Å². The zero-order chi connectivity index (χ0) is 12.8. The molecule has 0 fully saturated rings. The first-order chi connectivity index (χ1) is 6.93. The van der Waals surface area contributed by atoms with Gasteiger partial charge in [-0.05, 0) is 17.3 Å². The van der Waals surface area contributed by atoms with E-state index in [9.17, 15) is 8.42 Å². The lowest BCUT2D eigenvalue weighted by molar-refractivity contribution is 0.428. The fourth-order valence-corrected chi connectivity index (χ4v) is 3.99. The molecule has 16 heavy (non-hydrogen) atoms. The van der Waals surface area contributed by atoms with Gasteiger partial charge in [0.25, 0.3) is 0 Å². The Balaban J connectivity index is 3.32. The predicted molar refractivity (Wildman–Crippen MR) is 69.2 cm³/mol. The summed E-state index contributed by atoms with van der Waals surface area (Å²) in [6, 6.07) is 0. The molecule has 1 heterocycles. The second-order valence-electron chi connectivity index (χ2n) is 6.80. The van der Waals surface area contributed by atoms with Crippen molar-refractivity contribution in [3.05, 3.63) is 11.1 Å². The Labute approximate surface area is 100 Å². The maximum absolute atomic E-state index is 11.7. The summed E-state index contributed by atoms with van der Waals surface area (Å²) >= 11 is 0. The Kier molecular flexibility index (Phi) is 3.32. The molecule has 0 N–H and O–H groups in total. The van der Waals surface area contributed by atoms with Crippen LogP contribution in [0.3, 0.4) is 0 Å². The van der Waals surface area contributed by atoms with E-state index in [0.29, 0.717) is 12.2 Å². The Morgan fingerprint density at radius 1 is 0.875 bits per heavy atom. The van der Waals surface area contributed by atoms with E-state index < -0.39 is 9.84 Å². The molecule has 0 atom stereocenters. The summed E-state index contributed by atoms with van der Waals surface area (Å²) in [5.41, 5.74) is 2.51. The van der Waals surface area contributed by atoms with Crippen molar-refractivity contribution in [2.75, 3.05) is 11.5 Å². The van der Waals surface area contributed by atoms with Crippen LogP contribution in [0.25, 0.3) is 0 Å². The van der Waals surface area contributed by atoms with E-state index in [0.717, 1.165) is 5.57 Å². The van der Waals surface area contributed by atoms with Crippen LogP contribution in [0.1, 0.15) is 48.0 Å². The topological polar surface area (TPSA) is 34.1 Å². The van der Waals surface area contributed by atoms with Crippen LogP contribution in [0.4, 0.5) is 0 Å². The number of rotatable bonds is 0. The summed E-state index contributed by atoms with van der Waals surface area (Å²) in [6.45, 7) is 12.8. The maximum atomic E-state index is 11.7. The van der Waals surface area contributed by atoms with Crippen molar-refractivity contribution >= 4 is 9.84 Å². The fourth-order valence-electron chi connectivity index (χ4n) is 2.28. The Hall–Kier alpha value is -0.310. The van der Waals surface area contributed by atoms with Crippen LogP contribution in [0.2, 0.25) is 0 Å². The smallest absolute Gasteiger partial charge is 0.154 e. The van der Waals surface area contributed by atoms with Crippen molar-refractivity contribution in [3.8, 4) is 0 Å². The van der Waals surface area contributed by atoms with Crippen molar-refractivity contribution in [3.63, 3.8) is 0 Å². The van der Waals surface area contributed by atoms with E-state index >= 15 is 0 Å². The average Bonchev–Trinajstić information content (AvgIpc) is 1.97. The Morgan fingerprint density at radius 2 is 1.31 bits per heavy atom. The summed E-state index contributed by atoms with van der Waals surface area (Å²) in [6.07, 6.45) is 0.707. The van der Waals surface area contributed by atoms with Gasteiger partial charge in [0.1, 0.15) is 0 Å². The second kappa shape index (κ2) is 3.86. The van der Waals surface area contributed by atoms with Gasteiger partial charge in [-0.25, -0.2) is 8.42 Å². The SMILES string of the molecule is CC(C)(C)C1=C(C(C)(C)C)CS(=O)(=O)CC1. The lowest BCUT2D eigenvalue weighted by atomic mass is 9.74. The minimum atomic E-state index is -2.87. The van der Waals surface area contributed by atoms with Crippen LogP contribution in [-0.4, -0.2) is 19.9 Å². The molecule has 0 saturated heterocycles. The van der Waals surface area contributed by atoms with Gasteiger partial charge in [0.05, 0.1) is 11.5 Å². The van der Waals surface area contributed by atoms with E-state index in [1.807, 2.05) is 0 Å². The summed E-state index contributed by atoms with van der Waals surface area (Å²) in [4.78, 5) is 0. The van der Waals surface area contributed by atoms with Gasteiger partial charge >= 0.3 is 0 Å². The van der Waals surface area contributed by atoms with Crippen molar-refractivity contribution < 1.29 is 8.42 Å².